The Morgan fingerprint density at radius 3 is 1.20 bits per heavy atom. The molecular formula is C22H41F9O5Si4. The number of carboxylic acids is 1. The first-order valence-electron chi connectivity index (χ1n) is 12.8. The molecule has 0 aliphatic rings. The van der Waals surface area contributed by atoms with Crippen molar-refractivity contribution in [1.82, 2.24) is 0 Å². The van der Waals surface area contributed by atoms with E-state index in [-0.39, 0.29) is 24.5 Å². The SMILES string of the molecule is CC(=CCCC[Si](O[Si](C)(C)CCC(F)(F)F)(O[Si](C)(C)CCC(F)(F)F)O[Si](C)(C)CCC(F)(F)F)C(=O)O. The molecule has 0 rings (SSSR count). The second-order valence-electron chi connectivity index (χ2n) is 11.7. The molecule has 0 aliphatic heterocycles. The van der Waals surface area contributed by atoms with Crippen molar-refractivity contribution in [2.75, 3.05) is 0 Å². The minimum absolute atomic E-state index is 0.0228. The van der Waals surface area contributed by atoms with Gasteiger partial charge in [0.15, 0.2) is 25.0 Å². The third-order valence-electron chi connectivity index (χ3n) is 5.80. The van der Waals surface area contributed by atoms with E-state index in [1.54, 1.807) is 0 Å². The maximum Gasteiger partial charge on any atom is 0.469 e. The average Bonchev–Trinajstić information content (AvgIpc) is 2.70. The lowest BCUT2D eigenvalue weighted by molar-refractivity contribution is -0.133. The molecule has 5 nitrogen and oxygen atoms in total. The largest absolute Gasteiger partial charge is 0.478 e. The molecule has 0 radical (unpaired) electrons. The molecule has 238 valence electrons. The van der Waals surface area contributed by atoms with Crippen LogP contribution in [0.2, 0.25) is 63.5 Å². The Morgan fingerprint density at radius 2 is 0.950 bits per heavy atom. The lowest BCUT2D eigenvalue weighted by atomic mass is 10.2. The number of carbonyl (C=O) groups is 1. The number of hydrogen-bond acceptors (Lipinski definition) is 4. The first-order chi connectivity index (χ1) is 17.6. The van der Waals surface area contributed by atoms with Crippen LogP contribution in [0.15, 0.2) is 11.6 Å². The maximum atomic E-state index is 13.0. The molecule has 0 aliphatic carbocycles. The summed E-state index contributed by atoms with van der Waals surface area (Å²) in [6, 6.07) is -1.33. The average molecular weight is 669 g/mol. The van der Waals surface area contributed by atoms with Gasteiger partial charge in [0.1, 0.15) is 0 Å². The fourth-order valence-corrected chi connectivity index (χ4v) is 21.2. The van der Waals surface area contributed by atoms with Gasteiger partial charge in [0.25, 0.3) is 0 Å². The van der Waals surface area contributed by atoms with E-state index in [1.165, 1.54) is 52.3 Å². The molecule has 0 saturated heterocycles. The lowest BCUT2D eigenvalue weighted by Crippen LogP contribution is -2.62. The first-order valence-corrected chi connectivity index (χ1v) is 24.1. The highest BCUT2D eigenvalue weighted by Crippen LogP contribution is 2.38. The standard InChI is InChI=1S/C22H41F9O5Si4/c1-18(19(32)33)10-8-9-14-40(34-37(2,3)15-11-20(23,24)25,35-38(4,5)16-12-21(26,27)28)36-39(6,7)17-13-22(29,30)31/h10H,8-9,11-17H2,1-7H3,(H,32,33). The molecule has 40 heavy (non-hydrogen) atoms. The van der Waals surface area contributed by atoms with Gasteiger partial charge in [0.05, 0.1) is 0 Å². The number of carboxylic acid groups (broad SMARTS) is 1. The summed E-state index contributed by atoms with van der Waals surface area (Å²) in [5.74, 6) is -1.17. The van der Waals surface area contributed by atoms with Crippen LogP contribution in [-0.4, -0.2) is 63.4 Å². The van der Waals surface area contributed by atoms with Gasteiger partial charge in [-0.2, -0.15) is 39.5 Å². The minimum Gasteiger partial charge on any atom is -0.478 e. The van der Waals surface area contributed by atoms with E-state index in [9.17, 15) is 44.3 Å². The van der Waals surface area contributed by atoms with Crippen molar-refractivity contribution in [3.63, 3.8) is 0 Å². The third kappa shape index (κ3) is 19.4. The number of alkyl halides is 9. The predicted molar refractivity (Wildman–Crippen MR) is 143 cm³/mol. The highest BCUT2D eigenvalue weighted by Gasteiger charge is 2.53. The summed E-state index contributed by atoms with van der Waals surface area (Å²) in [4.78, 5) is 11.1. The van der Waals surface area contributed by atoms with Crippen LogP contribution in [0.3, 0.4) is 0 Å². The molecule has 0 bridgehead atoms. The smallest absolute Gasteiger partial charge is 0.469 e. The van der Waals surface area contributed by atoms with Gasteiger partial charge in [0, 0.05) is 30.9 Å². The maximum absolute atomic E-state index is 13.0. The van der Waals surface area contributed by atoms with Crippen LogP contribution in [0, 0.1) is 0 Å². The van der Waals surface area contributed by atoms with E-state index < -0.39 is 95.6 Å². The van der Waals surface area contributed by atoms with E-state index in [2.05, 4.69) is 0 Å². The second-order valence-corrected chi connectivity index (χ2v) is 28.1. The van der Waals surface area contributed by atoms with Crippen LogP contribution < -0.4 is 0 Å². The number of hydrogen-bond donors (Lipinski definition) is 1. The molecule has 0 aromatic carbocycles. The van der Waals surface area contributed by atoms with Crippen LogP contribution in [-0.2, 0) is 17.1 Å². The summed E-state index contributed by atoms with van der Waals surface area (Å²) in [5, 5.41) is 9.08. The fourth-order valence-electron chi connectivity index (χ4n) is 3.68. The summed E-state index contributed by atoms with van der Waals surface area (Å²) in [6.07, 6.45) is -15.3. The molecule has 0 heterocycles. The molecule has 18 heteroatoms. The van der Waals surface area contributed by atoms with E-state index in [0.717, 1.165) is 0 Å². The Labute approximate surface area is 234 Å². The van der Waals surface area contributed by atoms with E-state index in [0.29, 0.717) is 0 Å². The van der Waals surface area contributed by atoms with Gasteiger partial charge in [0.2, 0.25) is 0 Å². The zero-order valence-electron chi connectivity index (χ0n) is 23.9. The van der Waals surface area contributed by atoms with Crippen molar-refractivity contribution in [1.29, 1.82) is 0 Å². The number of allylic oxidation sites excluding steroid dienone is 1. The quantitative estimate of drug-likeness (QED) is 0.0725. The van der Waals surface area contributed by atoms with E-state index >= 15 is 0 Å². The van der Waals surface area contributed by atoms with Crippen molar-refractivity contribution in [2.24, 2.45) is 0 Å². The van der Waals surface area contributed by atoms with Crippen LogP contribution in [0.5, 0.6) is 0 Å². The summed E-state index contributed by atoms with van der Waals surface area (Å²) in [5.41, 5.74) is 0.0228. The Bertz CT molecular complexity index is 763. The van der Waals surface area contributed by atoms with Crippen LogP contribution >= 0.6 is 0 Å². The lowest BCUT2D eigenvalue weighted by Gasteiger charge is -2.45. The molecule has 0 aromatic rings. The molecule has 0 atom stereocenters. The summed E-state index contributed by atoms with van der Waals surface area (Å²) >= 11 is 0. The Morgan fingerprint density at radius 1 is 0.650 bits per heavy atom. The van der Waals surface area contributed by atoms with Crippen molar-refractivity contribution < 1.29 is 61.8 Å². The number of unbranched alkanes of at least 4 members (excludes halogenated alkanes) is 1. The van der Waals surface area contributed by atoms with Gasteiger partial charge in [-0.25, -0.2) is 4.79 Å². The second kappa shape index (κ2) is 14.7. The number of rotatable bonds is 17. The van der Waals surface area contributed by atoms with E-state index in [1.807, 2.05) is 0 Å². The van der Waals surface area contributed by atoms with Gasteiger partial charge in [-0.1, -0.05) is 6.08 Å². The van der Waals surface area contributed by atoms with Crippen molar-refractivity contribution in [3.05, 3.63) is 11.6 Å². The number of halogens is 9. The van der Waals surface area contributed by atoms with Crippen LogP contribution in [0.4, 0.5) is 39.5 Å². The predicted octanol–water partition coefficient (Wildman–Crippen LogP) is 9.26. The summed E-state index contributed by atoms with van der Waals surface area (Å²) < 4.78 is 136. The fraction of sp³-hybridized carbons (Fsp3) is 0.864. The minimum atomic E-state index is -4.50. The van der Waals surface area contributed by atoms with E-state index in [4.69, 9.17) is 17.5 Å². The Balaban J connectivity index is 6.51. The molecule has 0 spiro atoms. The monoisotopic (exact) mass is 668 g/mol. The molecule has 0 aromatic heterocycles. The van der Waals surface area contributed by atoms with Crippen LogP contribution in [0.1, 0.15) is 39.0 Å². The normalized spacial score (nSPS) is 15.1. The molecular weight excluding hydrogens is 628 g/mol. The first kappa shape index (κ1) is 39.3. The summed E-state index contributed by atoms with van der Waals surface area (Å²) in [6.45, 7) is 10.2. The van der Waals surface area contributed by atoms with Gasteiger partial charge in [-0.05, 0) is 77.2 Å². The zero-order valence-corrected chi connectivity index (χ0v) is 27.9. The third-order valence-corrected chi connectivity index (χ3v) is 21.5. The molecule has 0 amide bonds. The van der Waals surface area contributed by atoms with Gasteiger partial charge in [-0.3, -0.25) is 0 Å². The highest BCUT2D eigenvalue weighted by atomic mass is 28.5. The van der Waals surface area contributed by atoms with Gasteiger partial charge >= 0.3 is 33.3 Å². The van der Waals surface area contributed by atoms with Crippen LogP contribution in [0.25, 0.3) is 0 Å². The topological polar surface area (TPSA) is 65.0 Å². The molecule has 1 N–H and O–H groups in total. The van der Waals surface area contributed by atoms with Crippen molar-refractivity contribution in [2.45, 2.75) is 121 Å². The zero-order chi connectivity index (χ0) is 31.8. The molecule has 0 fully saturated rings. The molecule has 0 saturated carbocycles. The van der Waals surface area contributed by atoms with Crippen molar-refractivity contribution in [3.8, 4) is 0 Å². The van der Waals surface area contributed by atoms with Crippen molar-refractivity contribution >= 4 is 39.7 Å². The highest BCUT2D eigenvalue weighted by molar-refractivity contribution is 6.90. The Hall–Kier alpha value is -0.672. The van der Waals surface area contributed by atoms with Gasteiger partial charge < -0.3 is 17.5 Å². The summed E-state index contributed by atoms with van der Waals surface area (Å²) in [7, 11) is -14.0. The van der Waals surface area contributed by atoms with Gasteiger partial charge in [-0.15, -0.1) is 0 Å². The Kier molecular flexibility index (Phi) is 14.4. The number of aliphatic carboxylic acids is 1. The molecule has 0 unspecified atom stereocenters.